The Kier molecular flexibility index (Phi) is 12.3. The van der Waals surface area contributed by atoms with Crippen molar-refractivity contribution in [1.82, 2.24) is 10.2 Å². The van der Waals surface area contributed by atoms with Gasteiger partial charge in [0, 0.05) is 32.7 Å². The Labute approximate surface area is 172 Å². The monoisotopic (exact) mass is 480 g/mol. The van der Waals surface area contributed by atoms with Crippen LogP contribution in [0.25, 0.3) is 0 Å². The zero-order chi connectivity index (χ0) is 17.7. The van der Waals surface area contributed by atoms with E-state index in [0.717, 1.165) is 65.2 Å². The van der Waals surface area contributed by atoms with Crippen molar-refractivity contribution < 1.29 is 13.9 Å². The summed E-state index contributed by atoms with van der Waals surface area (Å²) in [5.41, 5.74) is 5.85. The molecule has 0 bridgehead atoms. The van der Waals surface area contributed by atoms with Crippen LogP contribution >= 0.6 is 24.0 Å². The quantitative estimate of drug-likeness (QED) is 0.233. The van der Waals surface area contributed by atoms with Crippen molar-refractivity contribution in [2.24, 2.45) is 10.7 Å². The van der Waals surface area contributed by atoms with Gasteiger partial charge in [-0.2, -0.15) is 0 Å². The van der Waals surface area contributed by atoms with Gasteiger partial charge in [-0.05, 0) is 43.5 Å². The van der Waals surface area contributed by atoms with Crippen molar-refractivity contribution in [2.75, 3.05) is 52.5 Å². The lowest BCUT2D eigenvalue weighted by molar-refractivity contribution is 0.0377. The van der Waals surface area contributed by atoms with Crippen molar-refractivity contribution in [3.63, 3.8) is 0 Å². The molecule has 0 saturated carbocycles. The number of hydrogen-bond donors (Lipinski definition) is 2. The van der Waals surface area contributed by atoms with E-state index in [-0.39, 0.29) is 29.8 Å². The molecule has 1 aromatic carbocycles. The standard InChI is InChI=1S/C18H29FN4O2.HI/c19-16-4-6-17(7-5-16)25-13-2-1-8-21-18(20)22-9-3-10-23-11-14-24-15-12-23;/h4-7H,1-3,8-15H2,(H3,20,21,22);1H. The highest BCUT2D eigenvalue weighted by molar-refractivity contribution is 14.0. The van der Waals surface area contributed by atoms with E-state index in [0.29, 0.717) is 18.3 Å². The minimum absolute atomic E-state index is 0. The Balaban J connectivity index is 0.00000338. The SMILES string of the molecule is I.NC(=NCCCN1CCOCC1)NCCCCOc1ccc(F)cc1. The van der Waals surface area contributed by atoms with E-state index in [1.165, 1.54) is 12.1 Å². The number of halogens is 2. The van der Waals surface area contributed by atoms with Gasteiger partial charge in [-0.15, -0.1) is 24.0 Å². The minimum Gasteiger partial charge on any atom is -0.494 e. The fraction of sp³-hybridized carbons (Fsp3) is 0.611. The van der Waals surface area contributed by atoms with Gasteiger partial charge in [0.2, 0.25) is 0 Å². The molecular weight excluding hydrogens is 450 g/mol. The van der Waals surface area contributed by atoms with Gasteiger partial charge in [-0.25, -0.2) is 4.39 Å². The fourth-order valence-corrected chi connectivity index (χ4v) is 2.54. The molecule has 8 heteroatoms. The van der Waals surface area contributed by atoms with E-state index in [9.17, 15) is 4.39 Å². The zero-order valence-corrected chi connectivity index (χ0v) is 17.5. The van der Waals surface area contributed by atoms with Crippen molar-refractivity contribution in [2.45, 2.75) is 19.3 Å². The van der Waals surface area contributed by atoms with E-state index in [4.69, 9.17) is 15.2 Å². The Morgan fingerprint density at radius 1 is 1.19 bits per heavy atom. The molecule has 0 aliphatic carbocycles. The molecule has 0 unspecified atom stereocenters. The van der Waals surface area contributed by atoms with Crippen LogP contribution < -0.4 is 15.8 Å². The molecular formula is C18H30FIN4O2. The predicted octanol–water partition coefficient (Wildman–Crippen LogP) is 2.23. The van der Waals surface area contributed by atoms with E-state index in [1.54, 1.807) is 12.1 Å². The number of aliphatic imine (C=N–C) groups is 1. The second-order valence-corrected chi connectivity index (χ2v) is 6.01. The van der Waals surface area contributed by atoms with Gasteiger partial charge < -0.3 is 20.5 Å². The number of nitrogens with zero attached hydrogens (tertiary/aromatic N) is 2. The molecule has 0 radical (unpaired) electrons. The topological polar surface area (TPSA) is 72.1 Å². The lowest BCUT2D eigenvalue weighted by Crippen LogP contribution is -2.37. The van der Waals surface area contributed by atoms with Gasteiger partial charge in [-0.1, -0.05) is 0 Å². The summed E-state index contributed by atoms with van der Waals surface area (Å²) < 4.78 is 23.6. The summed E-state index contributed by atoms with van der Waals surface area (Å²) >= 11 is 0. The molecule has 1 aromatic rings. The first-order valence-corrected chi connectivity index (χ1v) is 8.96. The van der Waals surface area contributed by atoms with Crippen LogP contribution in [0, 0.1) is 5.82 Å². The lowest BCUT2D eigenvalue weighted by atomic mass is 10.3. The summed E-state index contributed by atoms with van der Waals surface area (Å²) in [6, 6.07) is 6.06. The lowest BCUT2D eigenvalue weighted by Gasteiger charge is -2.26. The van der Waals surface area contributed by atoms with Crippen molar-refractivity contribution in [3.05, 3.63) is 30.1 Å². The number of benzene rings is 1. The van der Waals surface area contributed by atoms with Crippen LogP contribution in [0.4, 0.5) is 4.39 Å². The largest absolute Gasteiger partial charge is 0.494 e. The molecule has 3 N–H and O–H groups in total. The molecule has 0 amide bonds. The first-order chi connectivity index (χ1) is 12.2. The number of unbranched alkanes of at least 4 members (excludes halogenated alkanes) is 1. The van der Waals surface area contributed by atoms with E-state index < -0.39 is 0 Å². The number of morpholine rings is 1. The van der Waals surface area contributed by atoms with Crippen LogP contribution in [-0.2, 0) is 4.74 Å². The molecule has 1 fully saturated rings. The Morgan fingerprint density at radius 3 is 2.65 bits per heavy atom. The van der Waals surface area contributed by atoms with Gasteiger partial charge in [0.15, 0.2) is 5.96 Å². The summed E-state index contributed by atoms with van der Waals surface area (Å²) in [7, 11) is 0. The number of hydrogen-bond acceptors (Lipinski definition) is 4. The maximum absolute atomic E-state index is 12.8. The van der Waals surface area contributed by atoms with Crippen LogP contribution in [0.2, 0.25) is 0 Å². The summed E-state index contributed by atoms with van der Waals surface area (Å²) in [5.74, 6) is 0.938. The molecule has 2 rings (SSSR count). The summed E-state index contributed by atoms with van der Waals surface area (Å²) in [4.78, 5) is 6.73. The summed E-state index contributed by atoms with van der Waals surface area (Å²) in [5, 5.41) is 3.12. The first-order valence-electron chi connectivity index (χ1n) is 8.96. The number of ether oxygens (including phenoxy) is 2. The van der Waals surface area contributed by atoms with Crippen molar-refractivity contribution in [3.8, 4) is 5.75 Å². The molecule has 1 saturated heterocycles. The first kappa shape index (κ1) is 22.9. The molecule has 148 valence electrons. The third-order valence-corrected chi connectivity index (χ3v) is 3.98. The molecule has 6 nitrogen and oxygen atoms in total. The van der Waals surface area contributed by atoms with Crippen LogP contribution in [0.15, 0.2) is 29.3 Å². The Bertz CT molecular complexity index is 510. The molecule has 0 aromatic heterocycles. The molecule has 1 aliphatic rings. The van der Waals surface area contributed by atoms with Gasteiger partial charge in [-0.3, -0.25) is 9.89 Å². The molecule has 1 heterocycles. The second kappa shape index (κ2) is 14.0. The minimum atomic E-state index is -0.253. The smallest absolute Gasteiger partial charge is 0.188 e. The van der Waals surface area contributed by atoms with Crippen molar-refractivity contribution in [1.29, 1.82) is 0 Å². The Hall–Kier alpha value is -1.13. The average molecular weight is 480 g/mol. The Morgan fingerprint density at radius 2 is 1.92 bits per heavy atom. The highest BCUT2D eigenvalue weighted by Crippen LogP contribution is 2.11. The maximum Gasteiger partial charge on any atom is 0.188 e. The third kappa shape index (κ3) is 10.1. The van der Waals surface area contributed by atoms with Gasteiger partial charge in [0.05, 0.1) is 19.8 Å². The van der Waals surface area contributed by atoms with Crippen LogP contribution in [-0.4, -0.2) is 63.4 Å². The van der Waals surface area contributed by atoms with E-state index in [1.807, 2.05) is 0 Å². The van der Waals surface area contributed by atoms with Crippen LogP contribution in [0.1, 0.15) is 19.3 Å². The highest BCUT2D eigenvalue weighted by atomic mass is 127. The van der Waals surface area contributed by atoms with Gasteiger partial charge in [0.1, 0.15) is 11.6 Å². The molecule has 26 heavy (non-hydrogen) atoms. The molecule has 0 spiro atoms. The normalized spacial score (nSPS) is 15.3. The number of guanidine groups is 1. The highest BCUT2D eigenvalue weighted by Gasteiger charge is 2.08. The molecule has 0 atom stereocenters. The van der Waals surface area contributed by atoms with E-state index in [2.05, 4.69) is 15.2 Å². The van der Waals surface area contributed by atoms with Gasteiger partial charge >= 0.3 is 0 Å². The second-order valence-electron chi connectivity index (χ2n) is 6.01. The summed E-state index contributed by atoms with van der Waals surface area (Å²) in [6.45, 7) is 6.84. The predicted molar refractivity (Wildman–Crippen MR) is 113 cm³/mol. The average Bonchev–Trinajstić information content (AvgIpc) is 2.64. The maximum atomic E-state index is 12.8. The number of rotatable bonds is 10. The number of nitrogens with one attached hydrogen (secondary N) is 1. The van der Waals surface area contributed by atoms with Crippen LogP contribution in [0.3, 0.4) is 0 Å². The van der Waals surface area contributed by atoms with Gasteiger partial charge in [0.25, 0.3) is 0 Å². The van der Waals surface area contributed by atoms with E-state index >= 15 is 0 Å². The van der Waals surface area contributed by atoms with Crippen LogP contribution in [0.5, 0.6) is 5.75 Å². The number of nitrogens with two attached hydrogens (primary N) is 1. The van der Waals surface area contributed by atoms with Crippen molar-refractivity contribution >= 4 is 29.9 Å². The zero-order valence-electron chi connectivity index (χ0n) is 15.2. The summed E-state index contributed by atoms with van der Waals surface area (Å²) in [6.07, 6.45) is 2.84. The third-order valence-electron chi connectivity index (χ3n) is 3.98. The molecule has 1 aliphatic heterocycles. The fourth-order valence-electron chi connectivity index (χ4n) is 2.54.